The van der Waals surface area contributed by atoms with Gasteiger partial charge in [0.05, 0.1) is 19.3 Å². The first-order valence-corrected chi connectivity index (χ1v) is 2.68. The zero-order valence-electron chi connectivity index (χ0n) is 4.89. The minimum atomic E-state index is -0.358. The van der Waals surface area contributed by atoms with E-state index in [2.05, 4.69) is 5.32 Å². The van der Waals surface area contributed by atoms with Gasteiger partial charge in [-0.1, -0.05) is 0 Å². The highest BCUT2D eigenvalue weighted by atomic mass is 16.5. The van der Waals surface area contributed by atoms with E-state index >= 15 is 0 Å². The molecule has 0 aromatic rings. The lowest BCUT2D eigenvalue weighted by molar-refractivity contribution is -0.119. The number of amides is 1. The molecule has 0 radical (unpaired) electrons. The summed E-state index contributed by atoms with van der Waals surface area (Å²) in [5.74, 6) is 1.60. The largest absolute Gasteiger partial charge is 0.377 e. The molecule has 0 unspecified atom stereocenters. The van der Waals surface area contributed by atoms with Gasteiger partial charge in [-0.25, -0.2) is 0 Å². The number of hydrogen-bond donors (Lipinski definition) is 1. The third kappa shape index (κ3) is 1.44. The number of rotatable bonds is 1. The second kappa shape index (κ2) is 2.51. The van der Waals surface area contributed by atoms with Crippen molar-refractivity contribution in [2.75, 3.05) is 13.2 Å². The molecule has 1 aliphatic rings. The van der Waals surface area contributed by atoms with Crippen LogP contribution in [-0.4, -0.2) is 25.2 Å². The Morgan fingerprint density at radius 2 is 2.44 bits per heavy atom. The van der Waals surface area contributed by atoms with Crippen LogP contribution < -0.4 is 5.32 Å². The third-order valence-electron chi connectivity index (χ3n) is 1.10. The molecule has 1 rings (SSSR count). The van der Waals surface area contributed by atoms with Gasteiger partial charge in [0, 0.05) is 0 Å². The van der Waals surface area contributed by atoms with E-state index < -0.39 is 0 Å². The van der Waals surface area contributed by atoms with E-state index in [1.165, 1.54) is 0 Å². The summed E-state index contributed by atoms with van der Waals surface area (Å²) in [6.07, 6.45) is 4.80. The van der Waals surface area contributed by atoms with Gasteiger partial charge >= 0.3 is 0 Å². The van der Waals surface area contributed by atoms with Gasteiger partial charge in [0.1, 0.15) is 0 Å². The van der Waals surface area contributed by atoms with Gasteiger partial charge in [0.2, 0.25) is 0 Å². The molecule has 1 heterocycles. The summed E-state index contributed by atoms with van der Waals surface area (Å²) >= 11 is 0. The second-order valence-corrected chi connectivity index (χ2v) is 1.85. The predicted octanol–water partition coefficient (Wildman–Crippen LogP) is -0.865. The van der Waals surface area contributed by atoms with Crippen molar-refractivity contribution in [2.45, 2.75) is 6.04 Å². The van der Waals surface area contributed by atoms with Crippen LogP contribution in [0, 0.1) is 12.3 Å². The topological polar surface area (TPSA) is 38.3 Å². The molecule has 48 valence electrons. The van der Waals surface area contributed by atoms with Crippen molar-refractivity contribution in [3.8, 4) is 12.3 Å². The van der Waals surface area contributed by atoms with Gasteiger partial charge in [-0.2, -0.15) is 0 Å². The fourth-order valence-corrected chi connectivity index (χ4v) is 0.546. The maximum absolute atomic E-state index is 10.4. The summed E-state index contributed by atoms with van der Waals surface area (Å²) in [4.78, 5) is 10.4. The summed E-state index contributed by atoms with van der Waals surface area (Å²) in [6, 6.07) is 0.147. The Balaban J connectivity index is 2.18. The van der Waals surface area contributed by atoms with Gasteiger partial charge in [-0.05, 0) is 5.92 Å². The van der Waals surface area contributed by atoms with E-state index in [-0.39, 0.29) is 11.9 Å². The maximum Gasteiger partial charge on any atom is 0.296 e. The van der Waals surface area contributed by atoms with Crippen LogP contribution >= 0.6 is 0 Å². The van der Waals surface area contributed by atoms with E-state index in [0.29, 0.717) is 13.2 Å². The molecule has 1 amide bonds. The summed E-state index contributed by atoms with van der Waals surface area (Å²) < 4.78 is 4.80. The minimum Gasteiger partial charge on any atom is -0.377 e. The molecule has 1 fully saturated rings. The molecule has 0 bridgehead atoms. The zero-order chi connectivity index (χ0) is 6.69. The molecular weight excluding hydrogens is 118 g/mol. The third-order valence-corrected chi connectivity index (χ3v) is 1.10. The van der Waals surface area contributed by atoms with E-state index in [1.807, 2.05) is 5.92 Å². The van der Waals surface area contributed by atoms with E-state index in [4.69, 9.17) is 11.2 Å². The van der Waals surface area contributed by atoms with Gasteiger partial charge < -0.3 is 10.1 Å². The van der Waals surface area contributed by atoms with Crippen molar-refractivity contribution in [1.82, 2.24) is 5.32 Å². The molecule has 0 spiro atoms. The van der Waals surface area contributed by atoms with Crippen LogP contribution in [0.3, 0.4) is 0 Å². The van der Waals surface area contributed by atoms with Crippen LogP contribution in [0.4, 0.5) is 0 Å². The molecular formula is C6H7NO2. The number of terminal acetylenes is 1. The van der Waals surface area contributed by atoms with Gasteiger partial charge in [0.15, 0.2) is 0 Å². The number of hydrogen-bond acceptors (Lipinski definition) is 2. The second-order valence-electron chi connectivity index (χ2n) is 1.85. The van der Waals surface area contributed by atoms with E-state index in [9.17, 15) is 4.79 Å². The highest BCUT2D eigenvalue weighted by Crippen LogP contribution is 1.97. The average Bonchev–Trinajstić information content (AvgIpc) is 1.78. The van der Waals surface area contributed by atoms with Crippen molar-refractivity contribution in [1.29, 1.82) is 0 Å². The highest BCUT2D eigenvalue weighted by molar-refractivity contribution is 5.93. The maximum atomic E-state index is 10.4. The summed E-state index contributed by atoms with van der Waals surface area (Å²) in [7, 11) is 0. The molecule has 3 nitrogen and oxygen atoms in total. The summed E-state index contributed by atoms with van der Waals surface area (Å²) in [5, 5.41) is 2.57. The van der Waals surface area contributed by atoms with Crippen molar-refractivity contribution < 1.29 is 9.53 Å². The number of carbonyl (C=O) groups excluding carboxylic acids is 1. The fraction of sp³-hybridized carbons (Fsp3) is 0.500. The van der Waals surface area contributed by atoms with Crippen LogP contribution in [0.25, 0.3) is 0 Å². The van der Waals surface area contributed by atoms with Crippen LogP contribution in [-0.2, 0) is 9.53 Å². The first-order chi connectivity index (χ1) is 4.33. The van der Waals surface area contributed by atoms with Crippen LogP contribution in [0.2, 0.25) is 0 Å². The highest BCUT2D eigenvalue weighted by Gasteiger charge is 2.18. The smallest absolute Gasteiger partial charge is 0.296 e. The predicted molar refractivity (Wildman–Crippen MR) is 31.6 cm³/mol. The first kappa shape index (κ1) is 6.12. The van der Waals surface area contributed by atoms with Gasteiger partial charge in [-0.15, -0.1) is 6.42 Å². The molecule has 0 saturated carbocycles. The SMILES string of the molecule is C#CC(=O)NC1COC1. The molecule has 0 aromatic carbocycles. The Bertz CT molecular complexity index is 155. The fourth-order valence-electron chi connectivity index (χ4n) is 0.546. The summed E-state index contributed by atoms with van der Waals surface area (Å²) in [5.41, 5.74) is 0. The van der Waals surface area contributed by atoms with E-state index in [0.717, 1.165) is 0 Å². The molecule has 0 atom stereocenters. The Hall–Kier alpha value is -1.01. The Morgan fingerprint density at radius 1 is 1.78 bits per heavy atom. The number of carbonyl (C=O) groups is 1. The van der Waals surface area contributed by atoms with Crippen molar-refractivity contribution >= 4 is 5.91 Å². The van der Waals surface area contributed by atoms with Crippen molar-refractivity contribution in [3.63, 3.8) is 0 Å². The molecule has 1 aliphatic heterocycles. The van der Waals surface area contributed by atoms with Crippen LogP contribution in [0.1, 0.15) is 0 Å². The lowest BCUT2D eigenvalue weighted by atomic mass is 10.2. The molecule has 3 heteroatoms. The minimum absolute atomic E-state index is 0.147. The van der Waals surface area contributed by atoms with Gasteiger partial charge in [0.25, 0.3) is 5.91 Å². The average molecular weight is 125 g/mol. The van der Waals surface area contributed by atoms with Crippen LogP contribution in [0.15, 0.2) is 0 Å². The van der Waals surface area contributed by atoms with Crippen molar-refractivity contribution in [2.24, 2.45) is 0 Å². The number of nitrogens with one attached hydrogen (secondary N) is 1. The molecule has 1 saturated heterocycles. The molecule has 0 aromatic heterocycles. The lowest BCUT2D eigenvalue weighted by Crippen LogP contribution is -2.48. The molecule has 1 N–H and O–H groups in total. The normalized spacial score (nSPS) is 17.7. The number of ether oxygens (including phenoxy) is 1. The first-order valence-electron chi connectivity index (χ1n) is 2.68. The van der Waals surface area contributed by atoms with Gasteiger partial charge in [-0.3, -0.25) is 4.79 Å². The lowest BCUT2D eigenvalue weighted by Gasteiger charge is -2.25. The molecule has 0 aliphatic carbocycles. The quantitative estimate of drug-likeness (QED) is 0.463. The molecule has 9 heavy (non-hydrogen) atoms. The van der Waals surface area contributed by atoms with Crippen molar-refractivity contribution in [3.05, 3.63) is 0 Å². The Labute approximate surface area is 53.4 Å². The summed E-state index contributed by atoms with van der Waals surface area (Å²) in [6.45, 7) is 1.18. The Kier molecular flexibility index (Phi) is 1.71. The zero-order valence-corrected chi connectivity index (χ0v) is 4.89. The monoisotopic (exact) mass is 125 g/mol. The standard InChI is InChI=1S/C6H7NO2/c1-2-6(8)7-5-3-9-4-5/h1,5H,3-4H2,(H,7,8). The Morgan fingerprint density at radius 3 is 2.78 bits per heavy atom. The van der Waals surface area contributed by atoms with Crippen LogP contribution in [0.5, 0.6) is 0 Å². The van der Waals surface area contributed by atoms with E-state index in [1.54, 1.807) is 0 Å².